The van der Waals surface area contributed by atoms with Crippen LogP contribution >= 0.6 is 0 Å². The minimum Gasteiger partial charge on any atom is -0.497 e. The van der Waals surface area contributed by atoms with Gasteiger partial charge in [-0.1, -0.05) is 24.3 Å². The van der Waals surface area contributed by atoms with Gasteiger partial charge in [0.25, 0.3) is 0 Å². The lowest BCUT2D eigenvalue weighted by Gasteiger charge is -2.30. The molecule has 0 fully saturated rings. The Labute approximate surface area is 120 Å². The highest BCUT2D eigenvalue weighted by molar-refractivity contribution is 5.47. The SMILES string of the molecule is COc1ccc2c(c1)CCNC2c1c(C)cccc1C. The van der Waals surface area contributed by atoms with Gasteiger partial charge in [-0.25, -0.2) is 0 Å². The van der Waals surface area contributed by atoms with Crippen LogP contribution in [-0.4, -0.2) is 13.7 Å². The molecule has 0 saturated heterocycles. The summed E-state index contributed by atoms with van der Waals surface area (Å²) in [5.41, 5.74) is 6.90. The Balaban J connectivity index is 2.10. The zero-order valence-corrected chi connectivity index (χ0v) is 12.4. The van der Waals surface area contributed by atoms with Crippen LogP contribution in [0.2, 0.25) is 0 Å². The van der Waals surface area contributed by atoms with Crippen LogP contribution in [0.3, 0.4) is 0 Å². The molecule has 1 atom stereocenters. The number of nitrogens with one attached hydrogen (secondary N) is 1. The molecule has 0 aliphatic carbocycles. The number of hydrogen-bond donors (Lipinski definition) is 1. The molecule has 0 saturated carbocycles. The van der Waals surface area contributed by atoms with Gasteiger partial charge in [0.05, 0.1) is 13.2 Å². The summed E-state index contributed by atoms with van der Waals surface area (Å²) in [5, 5.41) is 3.67. The number of rotatable bonds is 2. The Kier molecular flexibility index (Phi) is 3.49. The van der Waals surface area contributed by atoms with Gasteiger partial charge < -0.3 is 10.1 Å². The monoisotopic (exact) mass is 267 g/mol. The smallest absolute Gasteiger partial charge is 0.119 e. The Hall–Kier alpha value is -1.80. The van der Waals surface area contributed by atoms with E-state index in [9.17, 15) is 0 Å². The second-order valence-corrected chi connectivity index (χ2v) is 5.51. The molecule has 1 unspecified atom stereocenters. The van der Waals surface area contributed by atoms with Gasteiger partial charge in [-0.05, 0) is 60.2 Å². The van der Waals surface area contributed by atoms with Crippen LogP contribution in [0.4, 0.5) is 0 Å². The molecule has 2 nitrogen and oxygen atoms in total. The number of benzene rings is 2. The maximum absolute atomic E-state index is 5.35. The van der Waals surface area contributed by atoms with Crippen molar-refractivity contribution in [3.63, 3.8) is 0 Å². The van der Waals surface area contributed by atoms with Gasteiger partial charge in [0.2, 0.25) is 0 Å². The van der Waals surface area contributed by atoms with E-state index in [1.807, 2.05) is 0 Å². The average Bonchev–Trinajstić information content (AvgIpc) is 2.46. The Morgan fingerprint density at radius 2 is 1.85 bits per heavy atom. The van der Waals surface area contributed by atoms with Crippen molar-refractivity contribution in [1.29, 1.82) is 0 Å². The number of fused-ring (bicyclic) bond motifs is 1. The van der Waals surface area contributed by atoms with E-state index in [1.165, 1.54) is 27.8 Å². The Bertz CT molecular complexity index is 613. The standard InChI is InChI=1S/C18H21NO/c1-12-5-4-6-13(2)17(12)18-16-8-7-15(20-3)11-14(16)9-10-19-18/h4-8,11,18-19H,9-10H2,1-3H3. The summed E-state index contributed by atoms with van der Waals surface area (Å²) in [6, 6.07) is 13.3. The molecule has 1 aliphatic rings. The van der Waals surface area contributed by atoms with E-state index in [-0.39, 0.29) is 0 Å². The van der Waals surface area contributed by atoms with Crippen LogP contribution in [0, 0.1) is 13.8 Å². The van der Waals surface area contributed by atoms with E-state index in [4.69, 9.17) is 4.74 Å². The summed E-state index contributed by atoms with van der Waals surface area (Å²) >= 11 is 0. The molecular formula is C18H21NO. The average molecular weight is 267 g/mol. The topological polar surface area (TPSA) is 21.3 Å². The van der Waals surface area contributed by atoms with Crippen LogP contribution in [0.15, 0.2) is 36.4 Å². The number of hydrogen-bond acceptors (Lipinski definition) is 2. The molecule has 0 amide bonds. The number of aryl methyl sites for hydroxylation is 2. The molecule has 0 aromatic heterocycles. The molecule has 0 radical (unpaired) electrons. The minimum absolute atomic E-state index is 0.297. The fourth-order valence-corrected chi connectivity index (χ4v) is 3.21. The molecule has 1 aliphatic heterocycles. The quantitative estimate of drug-likeness (QED) is 0.898. The van der Waals surface area contributed by atoms with Crippen molar-refractivity contribution in [1.82, 2.24) is 5.32 Å². The van der Waals surface area contributed by atoms with E-state index < -0.39 is 0 Å². The third-order valence-electron chi connectivity index (χ3n) is 4.23. The van der Waals surface area contributed by atoms with Gasteiger partial charge in [0.15, 0.2) is 0 Å². The van der Waals surface area contributed by atoms with Crippen molar-refractivity contribution < 1.29 is 4.74 Å². The molecule has 1 heterocycles. The Morgan fingerprint density at radius 3 is 2.55 bits per heavy atom. The van der Waals surface area contributed by atoms with E-state index in [0.29, 0.717) is 6.04 Å². The summed E-state index contributed by atoms with van der Waals surface area (Å²) < 4.78 is 5.35. The van der Waals surface area contributed by atoms with E-state index in [1.54, 1.807) is 7.11 Å². The first-order valence-corrected chi connectivity index (χ1v) is 7.17. The van der Waals surface area contributed by atoms with Gasteiger partial charge in [0, 0.05) is 6.54 Å². The van der Waals surface area contributed by atoms with E-state index in [0.717, 1.165) is 18.7 Å². The van der Waals surface area contributed by atoms with Crippen LogP contribution < -0.4 is 10.1 Å². The maximum atomic E-state index is 5.35. The highest BCUT2D eigenvalue weighted by atomic mass is 16.5. The van der Waals surface area contributed by atoms with Gasteiger partial charge >= 0.3 is 0 Å². The molecule has 0 bridgehead atoms. The predicted octanol–water partition coefficient (Wildman–Crippen LogP) is 3.55. The summed E-state index contributed by atoms with van der Waals surface area (Å²) in [6.45, 7) is 5.40. The summed E-state index contributed by atoms with van der Waals surface area (Å²) in [7, 11) is 1.73. The largest absolute Gasteiger partial charge is 0.497 e. The van der Waals surface area contributed by atoms with Crippen LogP contribution in [0.1, 0.15) is 33.9 Å². The van der Waals surface area contributed by atoms with Crippen molar-refractivity contribution in [3.05, 3.63) is 64.2 Å². The normalized spacial score (nSPS) is 17.6. The van der Waals surface area contributed by atoms with Gasteiger partial charge in [-0.15, -0.1) is 0 Å². The van der Waals surface area contributed by atoms with Crippen molar-refractivity contribution in [2.24, 2.45) is 0 Å². The fourth-order valence-electron chi connectivity index (χ4n) is 3.21. The van der Waals surface area contributed by atoms with Gasteiger partial charge in [0.1, 0.15) is 5.75 Å². The van der Waals surface area contributed by atoms with E-state index in [2.05, 4.69) is 55.6 Å². The third-order valence-corrected chi connectivity index (χ3v) is 4.23. The highest BCUT2D eigenvalue weighted by Crippen LogP contribution is 2.34. The van der Waals surface area contributed by atoms with Crippen molar-refractivity contribution >= 4 is 0 Å². The number of ether oxygens (including phenoxy) is 1. The summed E-state index contributed by atoms with van der Waals surface area (Å²) in [6.07, 6.45) is 1.06. The molecule has 104 valence electrons. The maximum Gasteiger partial charge on any atom is 0.119 e. The lowest BCUT2D eigenvalue weighted by molar-refractivity contribution is 0.413. The second kappa shape index (κ2) is 5.29. The molecule has 2 aromatic carbocycles. The fraction of sp³-hybridized carbons (Fsp3) is 0.333. The number of methoxy groups -OCH3 is 1. The predicted molar refractivity (Wildman–Crippen MR) is 82.5 cm³/mol. The lowest BCUT2D eigenvalue weighted by Crippen LogP contribution is -2.31. The molecule has 3 rings (SSSR count). The van der Waals surface area contributed by atoms with Gasteiger partial charge in [-0.2, -0.15) is 0 Å². The molecule has 2 aromatic rings. The van der Waals surface area contributed by atoms with Crippen LogP contribution in [0.25, 0.3) is 0 Å². The summed E-state index contributed by atoms with van der Waals surface area (Å²) in [5.74, 6) is 0.950. The zero-order valence-electron chi connectivity index (χ0n) is 12.4. The Morgan fingerprint density at radius 1 is 1.10 bits per heavy atom. The summed E-state index contributed by atoms with van der Waals surface area (Å²) in [4.78, 5) is 0. The van der Waals surface area contributed by atoms with E-state index >= 15 is 0 Å². The first-order chi connectivity index (χ1) is 9.70. The first-order valence-electron chi connectivity index (χ1n) is 7.17. The van der Waals surface area contributed by atoms with Crippen molar-refractivity contribution in [3.8, 4) is 5.75 Å². The van der Waals surface area contributed by atoms with Gasteiger partial charge in [-0.3, -0.25) is 0 Å². The second-order valence-electron chi connectivity index (χ2n) is 5.51. The molecule has 20 heavy (non-hydrogen) atoms. The lowest BCUT2D eigenvalue weighted by atomic mass is 9.86. The molecular weight excluding hydrogens is 246 g/mol. The molecule has 1 N–H and O–H groups in total. The van der Waals surface area contributed by atoms with Crippen LogP contribution in [0.5, 0.6) is 5.75 Å². The zero-order chi connectivity index (χ0) is 14.1. The molecule has 2 heteroatoms. The van der Waals surface area contributed by atoms with Crippen molar-refractivity contribution in [2.45, 2.75) is 26.3 Å². The molecule has 0 spiro atoms. The third kappa shape index (κ3) is 2.20. The van der Waals surface area contributed by atoms with Crippen LogP contribution in [-0.2, 0) is 6.42 Å². The van der Waals surface area contributed by atoms with Crippen molar-refractivity contribution in [2.75, 3.05) is 13.7 Å². The minimum atomic E-state index is 0.297. The first kappa shape index (κ1) is 13.2. The highest BCUT2D eigenvalue weighted by Gasteiger charge is 2.23.